The number of hydrogen-bond donors (Lipinski definition) is 3. The molecular formula is C11H10N4O3. The molecule has 92 valence electrons. The van der Waals surface area contributed by atoms with Crippen molar-refractivity contribution in [1.82, 2.24) is 15.4 Å². The molecule has 7 nitrogen and oxygen atoms in total. The van der Waals surface area contributed by atoms with Crippen molar-refractivity contribution in [2.45, 2.75) is 6.92 Å². The number of anilines is 1. The Balaban J connectivity index is 2.29. The first-order valence-corrected chi connectivity index (χ1v) is 5.09. The highest BCUT2D eigenvalue weighted by atomic mass is 16.4. The number of aromatic carboxylic acids is 1. The minimum atomic E-state index is -1.10. The zero-order chi connectivity index (χ0) is 13.1. The van der Waals surface area contributed by atoms with Gasteiger partial charge in [-0.2, -0.15) is 15.4 Å². The van der Waals surface area contributed by atoms with Crippen LogP contribution in [0.1, 0.15) is 26.4 Å². The van der Waals surface area contributed by atoms with E-state index in [1.54, 1.807) is 13.0 Å². The lowest BCUT2D eigenvalue weighted by atomic mass is 10.1. The second kappa shape index (κ2) is 4.66. The van der Waals surface area contributed by atoms with E-state index in [1.807, 2.05) is 0 Å². The van der Waals surface area contributed by atoms with Crippen LogP contribution in [0.4, 0.5) is 5.69 Å². The Morgan fingerprint density at radius 2 is 2.17 bits per heavy atom. The number of aromatic nitrogens is 3. The van der Waals surface area contributed by atoms with Gasteiger partial charge >= 0.3 is 5.97 Å². The van der Waals surface area contributed by atoms with Crippen LogP contribution >= 0.6 is 0 Å². The van der Waals surface area contributed by atoms with Crippen molar-refractivity contribution in [1.29, 1.82) is 0 Å². The summed E-state index contributed by atoms with van der Waals surface area (Å²) in [6.45, 7) is 1.77. The molecule has 0 aliphatic rings. The maximum atomic E-state index is 11.7. The quantitative estimate of drug-likeness (QED) is 0.750. The summed E-state index contributed by atoms with van der Waals surface area (Å²) in [5, 5.41) is 20.9. The number of hydrogen-bond acceptors (Lipinski definition) is 4. The third kappa shape index (κ3) is 2.34. The van der Waals surface area contributed by atoms with Crippen molar-refractivity contribution >= 4 is 17.6 Å². The molecule has 1 heterocycles. The molecule has 2 aromatic rings. The van der Waals surface area contributed by atoms with Crippen LogP contribution in [-0.2, 0) is 0 Å². The summed E-state index contributed by atoms with van der Waals surface area (Å²) in [7, 11) is 0. The summed E-state index contributed by atoms with van der Waals surface area (Å²) in [4.78, 5) is 22.8. The molecule has 2 rings (SSSR count). The second-order valence-corrected chi connectivity index (χ2v) is 3.66. The van der Waals surface area contributed by atoms with Crippen molar-refractivity contribution < 1.29 is 14.7 Å². The smallest absolute Gasteiger partial charge is 0.337 e. The van der Waals surface area contributed by atoms with E-state index in [0.29, 0.717) is 0 Å². The molecule has 0 spiro atoms. The molecule has 1 aromatic heterocycles. The number of carbonyl (C=O) groups is 2. The van der Waals surface area contributed by atoms with E-state index < -0.39 is 11.9 Å². The number of aromatic amines is 1. The number of nitrogens with one attached hydrogen (secondary N) is 2. The molecule has 1 amide bonds. The molecule has 0 bridgehead atoms. The maximum absolute atomic E-state index is 11.7. The van der Waals surface area contributed by atoms with Crippen LogP contribution in [0, 0.1) is 6.92 Å². The predicted octanol–water partition coefficient (Wildman–Crippen LogP) is 1.06. The van der Waals surface area contributed by atoms with E-state index in [4.69, 9.17) is 5.11 Å². The van der Waals surface area contributed by atoms with Crippen LogP contribution in [0.2, 0.25) is 0 Å². The van der Waals surface area contributed by atoms with E-state index >= 15 is 0 Å². The molecule has 0 atom stereocenters. The fourth-order valence-corrected chi connectivity index (χ4v) is 1.44. The summed E-state index contributed by atoms with van der Waals surface area (Å²) in [5.41, 5.74) is 1.15. The standard InChI is InChI=1S/C11H10N4O3/c1-6-2-3-8(7(4-6)11(17)18)13-10(16)9-5-12-15-14-9/h2-5H,1H3,(H,13,16)(H,17,18)(H,12,14,15). The minimum absolute atomic E-state index is 0.0341. The lowest BCUT2D eigenvalue weighted by Gasteiger charge is -2.07. The fraction of sp³-hybridized carbons (Fsp3) is 0.0909. The highest BCUT2D eigenvalue weighted by molar-refractivity contribution is 6.06. The van der Waals surface area contributed by atoms with Gasteiger partial charge in [0, 0.05) is 0 Å². The Kier molecular flexibility index (Phi) is 3.05. The number of nitrogens with zero attached hydrogens (tertiary/aromatic N) is 2. The highest BCUT2D eigenvalue weighted by Crippen LogP contribution is 2.18. The second-order valence-electron chi connectivity index (χ2n) is 3.66. The van der Waals surface area contributed by atoms with Crippen molar-refractivity contribution in [3.63, 3.8) is 0 Å². The van der Waals surface area contributed by atoms with Gasteiger partial charge in [0.2, 0.25) is 0 Å². The third-order valence-electron chi connectivity index (χ3n) is 2.30. The number of amides is 1. The van der Waals surface area contributed by atoms with Crippen LogP contribution < -0.4 is 5.32 Å². The molecule has 0 radical (unpaired) electrons. The van der Waals surface area contributed by atoms with Gasteiger partial charge in [-0.3, -0.25) is 4.79 Å². The zero-order valence-electron chi connectivity index (χ0n) is 9.47. The predicted molar refractivity (Wildman–Crippen MR) is 62.5 cm³/mol. The lowest BCUT2D eigenvalue weighted by Crippen LogP contribution is -2.15. The van der Waals surface area contributed by atoms with Crippen LogP contribution in [-0.4, -0.2) is 32.4 Å². The largest absolute Gasteiger partial charge is 0.478 e. The Hall–Kier alpha value is -2.70. The Morgan fingerprint density at radius 3 is 2.78 bits per heavy atom. The van der Waals surface area contributed by atoms with Crippen molar-refractivity contribution in [3.05, 3.63) is 41.2 Å². The summed E-state index contributed by atoms with van der Waals surface area (Å²) < 4.78 is 0. The van der Waals surface area contributed by atoms with Gasteiger partial charge in [-0.15, -0.1) is 0 Å². The van der Waals surface area contributed by atoms with Crippen molar-refractivity contribution in [3.8, 4) is 0 Å². The molecule has 0 unspecified atom stereocenters. The van der Waals surface area contributed by atoms with Gasteiger partial charge in [-0.05, 0) is 19.1 Å². The first kappa shape index (κ1) is 11.8. The van der Waals surface area contributed by atoms with Crippen LogP contribution in [0.5, 0.6) is 0 Å². The first-order chi connectivity index (χ1) is 8.58. The zero-order valence-corrected chi connectivity index (χ0v) is 9.47. The molecule has 0 aliphatic carbocycles. The first-order valence-electron chi connectivity index (χ1n) is 5.09. The number of aryl methyl sites for hydroxylation is 1. The molecule has 0 saturated heterocycles. The van der Waals surface area contributed by atoms with Crippen LogP contribution in [0.25, 0.3) is 0 Å². The molecule has 0 aliphatic heterocycles. The van der Waals surface area contributed by atoms with E-state index in [-0.39, 0.29) is 16.9 Å². The number of carboxylic acids is 1. The summed E-state index contributed by atoms with van der Waals surface area (Å²) >= 11 is 0. The molecule has 18 heavy (non-hydrogen) atoms. The Morgan fingerprint density at radius 1 is 1.39 bits per heavy atom. The lowest BCUT2D eigenvalue weighted by molar-refractivity contribution is 0.0698. The van der Waals surface area contributed by atoms with Crippen molar-refractivity contribution in [2.75, 3.05) is 5.32 Å². The summed E-state index contributed by atoms with van der Waals surface area (Å²) in [5.74, 6) is -1.62. The number of rotatable bonds is 3. The fourth-order valence-electron chi connectivity index (χ4n) is 1.44. The molecule has 3 N–H and O–H groups in total. The van der Waals surface area contributed by atoms with Gasteiger partial charge in [-0.1, -0.05) is 11.6 Å². The van der Waals surface area contributed by atoms with Gasteiger partial charge < -0.3 is 10.4 Å². The van der Waals surface area contributed by atoms with Gasteiger partial charge in [0.1, 0.15) is 0 Å². The minimum Gasteiger partial charge on any atom is -0.478 e. The molecule has 0 saturated carbocycles. The van der Waals surface area contributed by atoms with E-state index in [9.17, 15) is 9.59 Å². The summed E-state index contributed by atoms with van der Waals surface area (Å²) in [6, 6.07) is 4.74. The number of benzene rings is 1. The molecule has 0 fully saturated rings. The number of H-pyrrole nitrogens is 1. The monoisotopic (exact) mass is 246 g/mol. The van der Waals surface area contributed by atoms with Crippen LogP contribution in [0.15, 0.2) is 24.4 Å². The normalized spacial score (nSPS) is 10.1. The molecule has 7 heteroatoms. The van der Waals surface area contributed by atoms with E-state index in [0.717, 1.165) is 5.56 Å². The molecule has 1 aromatic carbocycles. The average molecular weight is 246 g/mol. The van der Waals surface area contributed by atoms with Crippen molar-refractivity contribution in [2.24, 2.45) is 0 Å². The highest BCUT2D eigenvalue weighted by Gasteiger charge is 2.15. The SMILES string of the molecule is Cc1ccc(NC(=O)c2cn[nH]n2)c(C(=O)O)c1. The molecular weight excluding hydrogens is 236 g/mol. The topological polar surface area (TPSA) is 108 Å². The van der Waals surface area contributed by atoms with Gasteiger partial charge in [0.05, 0.1) is 17.4 Å². The van der Waals surface area contributed by atoms with Gasteiger partial charge in [0.15, 0.2) is 5.69 Å². The maximum Gasteiger partial charge on any atom is 0.337 e. The van der Waals surface area contributed by atoms with E-state index in [2.05, 4.69) is 20.7 Å². The van der Waals surface area contributed by atoms with Crippen LogP contribution in [0.3, 0.4) is 0 Å². The third-order valence-corrected chi connectivity index (χ3v) is 2.30. The van der Waals surface area contributed by atoms with Gasteiger partial charge in [0.25, 0.3) is 5.91 Å². The van der Waals surface area contributed by atoms with Gasteiger partial charge in [-0.25, -0.2) is 4.79 Å². The van der Waals surface area contributed by atoms with E-state index in [1.165, 1.54) is 18.3 Å². The number of carboxylic acid groups (broad SMARTS) is 1. The average Bonchev–Trinajstić information content (AvgIpc) is 2.84. The summed E-state index contributed by atoms with van der Waals surface area (Å²) in [6.07, 6.45) is 1.25. The number of carbonyl (C=O) groups excluding carboxylic acids is 1. The Bertz CT molecular complexity index is 592. The Labute approximate surface area is 102 Å².